The molecule has 1 amide bonds. The molecule has 0 aliphatic rings. The first-order valence-corrected chi connectivity index (χ1v) is 4.27. The van der Waals surface area contributed by atoms with Gasteiger partial charge >= 0.3 is 0 Å². The van der Waals surface area contributed by atoms with Crippen molar-refractivity contribution in [3.8, 4) is 0 Å². The second-order valence-electron chi connectivity index (χ2n) is 2.38. The van der Waals surface area contributed by atoms with E-state index in [1.165, 1.54) is 18.2 Å². The summed E-state index contributed by atoms with van der Waals surface area (Å²) in [5.41, 5.74) is 0.276. The first-order chi connectivity index (χ1) is 6.09. The summed E-state index contributed by atoms with van der Waals surface area (Å²) < 4.78 is 13.6. The van der Waals surface area contributed by atoms with Crippen molar-refractivity contribution in [1.82, 2.24) is 5.32 Å². The van der Waals surface area contributed by atoms with Crippen LogP contribution < -0.4 is 10.4 Å². The van der Waals surface area contributed by atoms with E-state index in [9.17, 15) is 14.3 Å². The first kappa shape index (κ1) is 9.98. The lowest BCUT2D eigenvalue weighted by Gasteiger charge is -2.07. The molecule has 1 rings (SSSR count). The summed E-state index contributed by atoms with van der Waals surface area (Å²) in [6.45, 7) is -0.0897. The number of hydrogen-bond acceptors (Lipinski definition) is 2. The number of halogens is 2. The van der Waals surface area contributed by atoms with E-state index in [0.29, 0.717) is 4.47 Å². The highest BCUT2D eigenvalue weighted by Gasteiger charge is 2.01. The van der Waals surface area contributed by atoms with Gasteiger partial charge in [0.2, 0.25) is 0 Å². The van der Waals surface area contributed by atoms with Gasteiger partial charge in [0.05, 0.1) is 0 Å². The summed E-state index contributed by atoms with van der Waals surface area (Å²) in [7, 11) is 0. The standard InChI is InChI=1S/C8H7BrFNO2/c9-6-1-2-7(10)5(3-6)4-11-8(12)13/h1-3,11H,4H2,(H,12,13)/p-1. The van der Waals surface area contributed by atoms with E-state index < -0.39 is 11.9 Å². The van der Waals surface area contributed by atoms with Crippen LogP contribution in [0.5, 0.6) is 0 Å². The molecule has 0 spiro atoms. The van der Waals surface area contributed by atoms with Gasteiger partial charge in [-0.2, -0.15) is 0 Å². The second kappa shape index (κ2) is 4.23. The summed E-state index contributed by atoms with van der Waals surface area (Å²) >= 11 is 3.15. The Hall–Kier alpha value is -1.10. The number of nitrogens with one attached hydrogen (secondary N) is 1. The Morgan fingerprint density at radius 3 is 2.92 bits per heavy atom. The fourth-order valence-corrected chi connectivity index (χ4v) is 1.25. The lowest BCUT2D eigenvalue weighted by Crippen LogP contribution is -2.36. The Bertz CT molecular complexity index is 330. The van der Waals surface area contributed by atoms with E-state index in [1.54, 1.807) is 0 Å². The molecule has 0 saturated carbocycles. The molecule has 0 atom stereocenters. The highest BCUT2D eigenvalue weighted by atomic mass is 79.9. The molecule has 5 heteroatoms. The molecule has 0 bridgehead atoms. The summed E-state index contributed by atoms with van der Waals surface area (Å²) in [5, 5.41) is 12.0. The van der Waals surface area contributed by atoms with Crippen molar-refractivity contribution in [2.24, 2.45) is 0 Å². The number of rotatable bonds is 2. The average molecular weight is 247 g/mol. The first-order valence-electron chi connectivity index (χ1n) is 3.48. The highest BCUT2D eigenvalue weighted by molar-refractivity contribution is 9.10. The molecular formula is C8H6BrFNO2-. The molecule has 70 valence electrons. The Kier molecular flexibility index (Phi) is 3.25. The van der Waals surface area contributed by atoms with Crippen molar-refractivity contribution in [2.75, 3.05) is 0 Å². The maximum Gasteiger partial charge on any atom is 0.134 e. The topological polar surface area (TPSA) is 52.2 Å². The number of carboxylic acid groups (broad SMARTS) is 1. The van der Waals surface area contributed by atoms with Gasteiger partial charge in [-0.15, -0.1) is 0 Å². The van der Waals surface area contributed by atoms with Gasteiger partial charge in [0.25, 0.3) is 0 Å². The third-order valence-electron chi connectivity index (χ3n) is 1.43. The fourth-order valence-electron chi connectivity index (χ4n) is 0.846. The van der Waals surface area contributed by atoms with Crippen LogP contribution in [0.4, 0.5) is 9.18 Å². The van der Waals surface area contributed by atoms with Crippen molar-refractivity contribution in [2.45, 2.75) is 6.54 Å². The van der Waals surface area contributed by atoms with Gasteiger partial charge in [-0.1, -0.05) is 15.9 Å². The Morgan fingerprint density at radius 2 is 2.31 bits per heavy atom. The molecule has 0 aliphatic heterocycles. The van der Waals surface area contributed by atoms with Gasteiger partial charge in [-0.25, -0.2) is 4.39 Å². The zero-order chi connectivity index (χ0) is 9.84. The van der Waals surface area contributed by atoms with Crippen molar-refractivity contribution in [3.63, 3.8) is 0 Å². The van der Waals surface area contributed by atoms with E-state index in [1.807, 2.05) is 5.32 Å². The van der Waals surface area contributed by atoms with Crippen molar-refractivity contribution in [3.05, 3.63) is 34.1 Å². The SMILES string of the molecule is O=C([O-])NCc1cc(Br)ccc1F. The van der Waals surface area contributed by atoms with Gasteiger partial charge < -0.3 is 15.2 Å². The Labute approximate surface area is 82.7 Å². The summed E-state index contributed by atoms with van der Waals surface area (Å²) in [6.07, 6.45) is -1.42. The number of carbonyl (C=O) groups is 1. The van der Waals surface area contributed by atoms with E-state index in [0.717, 1.165) is 0 Å². The molecule has 1 N–H and O–H groups in total. The largest absolute Gasteiger partial charge is 0.530 e. The average Bonchev–Trinajstić information content (AvgIpc) is 2.06. The minimum atomic E-state index is -1.42. The molecule has 1 aromatic carbocycles. The van der Waals surface area contributed by atoms with Crippen LogP contribution in [-0.2, 0) is 6.54 Å². The van der Waals surface area contributed by atoms with Crippen molar-refractivity contribution >= 4 is 22.0 Å². The van der Waals surface area contributed by atoms with Gasteiger partial charge in [0.15, 0.2) is 0 Å². The summed E-state index contributed by atoms with van der Waals surface area (Å²) in [4.78, 5) is 10.0. The van der Waals surface area contributed by atoms with Crippen LogP contribution in [0.2, 0.25) is 0 Å². The van der Waals surface area contributed by atoms with Crippen molar-refractivity contribution < 1.29 is 14.3 Å². The third-order valence-corrected chi connectivity index (χ3v) is 1.92. The number of carbonyl (C=O) groups excluding carboxylic acids is 1. The monoisotopic (exact) mass is 246 g/mol. The maximum atomic E-state index is 12.9. The molecule has 0 unspecified atom stereocenters. The van der Waals surface area contributed by atoms with E-state index in [4.69, 9.17) is 0 Å². The van der Waals surface area contributed by atoms with Gasteiger partial charge in [0.1, 0.15) is 11.9 Å². The molecule has 0 heterocycles. The molecule has 0 saturated heterocycles. The number of hydrogen-bond donors (Lipinski definition) is 1. The zero-order valence-corrected chi connectivity index (χ0v) is 8.10. The molecule has 1 aromatic rings. The highest BCUT2D eigenvalue weighted by Crippen LogP contribution is 2.14. The molecular weight excluding hydrogens is 241 g/mol. The fraction of sp³-hybridized carbons (Fsp3) is 0.125. The quantitative estimate of drug-likeness (QED) is 0.848. The molecule has 13 heavy (non-hydrogen) atoms. The molecule has 0 aromatic heterocycles. The predicted molar refractivity (Wildman–Crippen MR) is 46.3 cm³/mol. The molecule has 0 fully saturated rings. The minimum absolute atomic E-state index is 0.0897. The Morgan fingerprint density at radius 1 is 1.62 bits per heavy atom. The van der Waals surface area contributed by atoms with Crippen LogP contribution in [0.1, 0.15) is 5.56 Å². The lowest BCUT2D eigenvalue weighted by molar-refractivity contribution is -0.251. The van der Waals surface area contributed by atoms with Gasteiger partial charge in [0, 0.05) is 16.6 Å². The van der Waals surface area contributed by atoms with E-state index in [2.05, 4.69) is 15.9 Å². The van der Waals surface area contributed by atoms with Crippen LogP contribution in [0.25, 0.3) is 0 Å². The number of amides is 1. The maximum absolute atomic E-state index is 12.9. The molecule has 0 radical (unpaired) electrons. The van der Waals surface area contributed by atoms with Crippen LogP contribution >= 0.6 is 15.9 Å². The van der Waals surface area contributed by atoms with Crippen LogP contribution in [0.3, 0.4) is 0 Å². The normalized spacial score (nSPS) is 9.69. The predicted octanol–water partition coefficient (Wildman–Crippen LogP) is 1.02. The van der Waals surface area contributed by atoms with Gasteiger partial charge in [-0.3, -0.25) is 0 Å². The van der Waals surface area contributed by atoms with E-state index in [-0.39, 0.29) is 12.1 Å². The minimum Gasteiger partial charge on any atom is -0.530 e. The second-order valence-corrected chi connectivity index (χ2v) is 3.29. The van der Waals surface area contributed by atoms with Crippen LogP contribution in [-0.4, -0.2) is 6.09 Å². The smallest absolute Gasteiger partial charge is 0.134 e. The summed E-state index contributed by atoms with van der Waals surface area (Å²) in [5.74, 6) is -0.447. The lowest BCUT2D eigenvalue weighted by atomic mass is 10.2. The van der Waals surface area contributed by atoms with E-state index >= 15 is 0 Å². The van der Waals surface area contributed by atoms with Crippen LogP contribution in [0, 0.1) is 5.82 Å². The third kappa shape index (κ3) is 3.02. The van der Waals surface area contributed by atoms with Crippen molar-refractivity contribution in [1.29, 1.82) is 0 Å². The molecule has 3 nitrogen and oxygen atoms in total. The number of benzene rings is 1. The molecule has 0 aliphatic carbocycles. The van der Waals surface area contributed by atoms with Crippen LogP contribution in [0.15, 0.2) is 22.7 Å². The summed E-state index contributed by atoms with van der Waals surface area (Å²) in [6, 6.07) is 4.31. The zero-order valence-electron chi connectivity index (χ0n) is 6.51. The van der Waals surface area contributed by atoms with Gasteiger partial charge in [-0.05, 0) is 18.2 Å². The Balaban J connectivity index is 2.75.